The number of para-hydroxylation sites is 2. The van der Waals surface area contributed by atoms with Crippen molar-refractivity contribution in [1.29, 1.82) is 5.26 Å². The molecule has 35 heavy (non-hydrogen) atoms. The normalized spacial score (nSPS) is 19.7. The molecule has 176 valence electrons. The molecule has 3 aromatic carbocycles. The van der Waals surface area contributed by atoms with Gasteiger partial charge in [-0.1, -0.05) is 81.1 Å². The summed E-state index contributed by atoms with van der Waals surface area (Å²) in [5.74, 6) is -1.40. The van der Waals surface area contributed by atoms with Crippen LogP contribution < -0.4 is 9.47 Å². The highest BCUT2D eigenvalue weighted by molar-refractivity contribution is 5.79. The quantitative estimate of drug-likeness (QED) is 0.198. The molecule has 3 aromatic rings. The highest BCUT2D eigenvalue weighted by Crippen LogP contribution is 2.60. The fourth-order valence-electron chi connectivity index (χ4n) is 4.18. The molecule has 0 N–H and O–H groups in total. The largest absolute Gasteiger partial charge is 0.457 e. The average Bonchev–Trinajstić information content (AvgIpc) is 3.43. The molecule has 1 aliphatic rings. The summed E-state index contributed by atoms with van der Waals surface area (Å²) in [6.45, 7) is 7.69. The first kappa shape index (κ1) is 23.8. The van der Waals surface area contributed by atoms with Gasteiger partial charge in [0.05, 0.1) is 11.5 Å². The molecule has 3 atom stereocenters. The number of esters is 1. The Morgan fingerprint density at radius 2 is 1.60 bits per heavy atom. The molecule has 0 aromatic heterocycles. The van der Waals surface area contributed by atoms with Crippen LogP contribution in [-0.2, 0) is 15.3 Å². The summed E-state index contributed by atoms with van der Waals surface area (Å²) in [6, 6.07) is 27.1. The summed E-state index contributed by atoms with van der Waals surface area (Å²) < 4.78 is 17.9. The van der Waals surface area contributed by atoms with Gasteiger partial charge < -0.3 is 14.2 Å². The Kier molecular flexibility index (Phi) is 6.75. The molecule has 0 spiro atoms. The molecule has 5 heteroatoms. The van der Waals surface area contributed by atoms with Gasteiger partial charge in [0.25, 0.3) is 0 Å². The zero-order valence-electron chi connectivity index (χ0n) is 19.8. The van der Waals surface area contributed by atoms with Crippen LogP contribution in [0.1, 0.15) is 19.4 Å². The van der Waals surface area contributed by atoms with Crippen LogP contribution >= 0.6 is 0 Å². The third-order valence-electron chi connectivity index (χ3n) is 6.21. The summed E-state index contributed by atoms with van der Waals surface area (Å²) in [6.07, 6.45) is 5.44. The molecule has 0 saturated heterocycles. The Morgan fingerprint density at radius 3 is 2.23 bits per heavy atom. The minimum atomic E-state index is -2.00. The maximum atomic E-state index is 13.4. The van der Waals surface area contributed by atoms with Crippen molar-refractivity contribution in [2.45, 2.75) is 19.6 Å². The van der Waals surface area contributed by atoms with E-state index in [2.05, 4.69) is 12.6 Å². The van der Waals surface area contributed by atoms with E-state index in [9.17, 15) is 10.1 Å². The van der Waals surface area contributed by atoms with Gasteiger partial charge in [0, 0.05) is 0 Å². The molecule has 1 fully saturated rings. The van der Waals surface area contributed by atoms with Crippen molar-refractivity contribution in [1.82, 2.24) is 0 Å². The van der Waals surface area contributed by atoms with E-state index < -0.39 is 17.7 Å². The molecule has 1 saturated carbocycles. The van der Waals surface area contributed by atoms with E-state index in [1.165, 1.54) is 0 Å². The van der Waals surface area contributed by atoms with E-state index in [-0.39, 0.29) is 11.3 Å². The van der Waals surface area contributed by atoms with Gasteiger partial charge in [0.15, 0.2) is 6.07 Å². The van der Waals surface area contributed by atoms with E-state index in [4.69, 9.17) is 14.2 Å². The molecule has 0 aliphatic heterocycles. The minimum Gasteiger partial charge on any atom is -0.457 e. The number of hydrogen-bond donors (Lipinski definition) is 0. The van der Waals surface area contributed by atoms with Gasteiger partial charge in [-0.3, -0.25) is 4.79 Å². The summed E-state index contributed by atoms with van der Waals surface area (Å²) in [5, 5.41) is 10.3. The molecule has 1 aliphatic carbocycles. The summed E-state index contributed by atoms with van der Waals surface area (Å²) in [5.41, 5.74) is 0.0466. The third-order valence-corrected chi connectivity index (χ3v) is 6.21. The molecule has 5 nitrogen and oxygen atoms in total. The second kappa shape index (κ2) is 9.90. The first-order valence-corrected chi connectivity index (χ1v) is 11.4. The first-order chi connectivity index (χ1) is 16.9. The number of nitrogens with zero attached hydrogens (tertiary/aromatic N) is 1. The Balaban J connectivity index is 1.68. The Labute approximate surface area is 205 Å². The number of carbonyl (C=O) groups excluding carboxylic acids is 1. The fraction of sp³-hybridized carbons (Fsp3) is 0.200. The summed E-state index contributed by atoms with van der Waals surface area (Å²) in [7, 11) is 0. The standard InChI is InChI=1S/C30H27NO4/c1-4-5-19-26-27(29(26,2)3)28(32)35-30(21-31,34-24-16-10-7-11-17-24)22-13-12-18-25(20-22)33-23-14-8-6-9-15-23/h4-20,26-27H,1H2,2-3H3. The van der Waals surface area contributed by atoms with E-state index >= 15 is 0 Å². The van der Waals surface area contributed by atoms with Crippen molar-refractivity contribution in [2.75, 3.05) is 0 Å². The molecular formula is C30H27NO4. The Morgan fingerprint density at radius 1 is 0.971 bits per heavy atom. The average molecular weight is 466 g/mol. The lowest BCUT2D eigenvalue weighted by atomic mass is 10.1. The molecule has 0 bridgehead atoms. The zero-order chi connectivity index (χ0) is 24.9. The van der Waals surface area contributed by atoms with Gasteiger partial charge in [0.1, 0.15) is 17.2 Å². The van der Waals surface area contributed by atoms with Crippen LogP contribution in [0.15, 0.2) is 110 Å². The topological polar surface area (TPSA) is 68.6 Å². The third kappa shape index (κ3) is 5.12. The van der Waals surface area contributed by atoms with Crippen molar-refractivity contribution in [2.24, 2.45) is 17.3 Å². The van der Waals surface area contributed by atoms with Crippen LogP contribution in [0.3, 0.4) is 0 Å². The van der Waals surface area contributed by atoms with Crippen molar-refractivity contribution < 1.29 is 19.0 Å². The zero-order valence-corrected chi connectivity index (χ0v) is 19.8. The molecule has 0 radical (unpaired) electrons. The molecule has 3 unspecified atom stereocenters. The van der Waals surface area contributed by atoms with Crippen LogP contribution in [0.4, 0.5) is 0 Å². The number of rotatable bonds is 9. The lowest BCUT2D eigenvalue weighted by Gasteiger charge is -2.28. The van der Waals surface area contributed by atoms with Crippen molar-refractivity contribution >= 4 is 5.97 Å². The predicted molar refractivity (Wildman–Crippen MR) is 134 cm³/mol. The van der Waals surface area contributed by atoms with Gasteiger partial charge in [-0.2, -0.15) is 5.26 Å². The van der Waals surface area contributed by atoms with E-state index in [1.807, 2.05) is 62.4 Å². The summed E-state index contributed by atoms with van der Waals surface area (Å²) >= 11 is 0. The number of hydrogen-bond acceptors (Lipinski definition) is 5. The van der Waals surface area contributed by atoms with Crippen LogP contribution in [-0.4, -0.2) is 5.97 Å². The van der Waals surface area contributed by atoms with E-state index in [0.717, 1.165) is 0 Å². The van der Waals surface area contributed by atoms with Crippen LogP contribution in [0.5, 0.6) is 17.2 Å². The maximum absolute atomic E-state index is 13.4. The number of carbonyl (C=O) groups is 1. The number of ether oxygens (including phenoxy) is 3. The smallest absolute Gasteiger partial charge is 0.372 e. The van der Waals surface area contributed by atoms with Crippen LogP contribution in [0.25, 0.3) is 0 Å². The first-order valence-electron chi connectivity index (χ1n) is 11.4. The lowest BCUT2D eigenvalue weighted by Crippen LogP contribution is -2.38. The second-order valence-electron chi connectivity index (χ2n) is 8.95. The highest BCUT2D eigenvalue weighted by Gasteiger charge is 2.62. The summed E-state index contributed by atoms with van der Waals surface area (Å²) in [4.78, 5) is 13.4. The SMILES string of the molecule is C=CC=CC1C(C(=O)OC(C#N)(Oc2ccccc2)c2cccc(Oc3ccccc3)c2)C1(C)C. The van der Waals surface area contributed by atoms with E-state index in [1.54, 1.807) is 54.6 Å². The van der Waals surface area contributed by atoms with Crippen LogP contribution in [0, 0.1) is 28.6 Å². The Bertz CT molecular complexity index is 1260. The van der Waals surface area contributed by atoms with E-state index in [0.29, 0.717) is 22.8 Å². The van der Waals surface area contributed by atoms with Gasteiger partial charge in [0.2, 0.25) is 0 Å². The van der Waals surface area contributed by atoms with Gasteiger partial charge in [-0.15, -0.1) is 0 Å². The number of nitriles is 1. The number of benzene rings is 3. The minimum absolute atomic E-state index is 0.0196. The van der Waals surface area contributed by atoms with Gasteiger partial charge in [-0.05, 0) is 53.8 Å². The van der Waals surface area contributed by atoms with Gasteiger partial charge >= 0.3 is 11.8 Å². The monoisotopic (exact) mass is 465 g/mol. The number of allylic oxidation sites excluding steroid dienone is 3. The molecule has 4 rings (SSSR count). The predicted octanol–water partition coefficient (Wildman–Crippen LogP) is 6.79. The lowest BCUT2D eigenvalue weighted by molar-refractivity contribution is -0.186. The molecule has 0 amide bonds. The van der Waals surface area contributed by atoms with Crippen molar-refractivity contribution in [3.8, 4) is 23.3 Å². The molecule has 0 heterocycles. The maximum Gasteiger partial charge on any atom is 0.372 e. The van der Waals surface area contributed by atoms with Crippen LogP contribution in [0.2, 0.25) is 0 Å². The Hall–Kier alpha value is -4.30. The molecular weight excluding hydrogens is 438 g/mol. The highest BCUT2D eigenvalue weighted by atomic mass is 16.7. The second-order valence-corrected chi connectivity index (χ2v) is 8.95. The fourth-order valence-corrected chi connectivity index (χ4v) is 4.18. The van der Waals surface area contributed by atoms with Gasteiger partial charge in [-0.25, -0.2) is 0 Å². The van der Waals surface area contributed by atoms with Crippen molar-refractivity contribution in [3.63, 3.8) is 0 Å². The van der Waals surface area contributed by atoms with Crippen molar-refractivity contribution in [3.05, 3.63) is 115 Å².